The minimum Gasteiger partial charge on any atom is -0.335 e. The summed E-state index contributed by atoms with van der Waals surface area (Å²) >= 11 is 0. The number of amides is 2. The third-order valence-corrected chi connectivity index (χ3v) is 2.90. The molecular formula is C11H20N2O2. The Labute approximate surface area is 90.8 Å². The van der Waals surface area contributed by atoms with Gasteiger partial charge >= 0.3 is 6.03 Å². The number of carbonyl (C=O) groups is 2. The van der Waals surface area contributed by atoms with Gasteiger partial charge in [0.25, 0.3) is 0 Å². The van der Waals surface area contributed by atoms with Crippen LogP contribution in [0.4, 0.5) is 4.79 Å². The lowest BCUT2D eigenvalue weighted by molar-refractivity contribution is -0.118. The molecule has 1 rings (SSSR count). The Balaban J connectivity index is 2.25. The topological polar surface area (TPSA) is 58.2 Å². The van der Waals surface area contributed by atoms with Gasteiger partial charge < -0.3 is 10.6 Å². The highest BCUT2D eigenvalue weighted by Gasteiger charge is 2.17. The van der Waals surface area contributed by atoms with E-state index in [4.69, 9.17) is 0 Å². The van der Waals surface area contributed by atoms with Gasteiger partial charge in [-0.05, 0) is 26.7 Å². The predicted octanol–water partition coefficient (Wildman–Crippen LogP) is 1.60. The third-order valence-electron chi connectivity index (χ3n) is 2.90. The molecule has 2 N–H and O–H groups in total. The third kappa shape index (κ3) is 4.32. The maximum atomic E-state index is 11.5. The van der Waals surface area contributed by atoms with Gasteiger partial charge in [0.1, 0.15) is 0 Å². The molecule has 2 amide bonds. The normalized spacial score (nSPS) is 19.3. The zero-order valence-corrected chi connectivity index (χ0v) is 9.51. The average molecular weight is 212 g/mol. The zero-order chi connectivity index (χ0) is 11.3. The molecule has 0 aromatic carbocycles. The summed E-state index contributed by atoms with van der Waals surface area (Å²) in [6.45, 7) is 3.17. The molecule has 0 aromatic heterocycles. The summed E-state index contributed by atoms with van der Waals surface area (Å²) in [4.78, 5) is 22.4. The number of nitrogens with one attached hydrogen (secondary N) is 2. The average Bonchev–Trinajstić information content (AvgIpc) is 2.18. The Morgan fingerprint density at radius 2 is 1.80 bits per heavy atom. The molecule has 1 aliphatic rings. The Morgan fingerprint density at radius 3 is 2.33 bits per heavy atom. The number of urea groups is 1. The molecule has 1 unspecified atom stereocenters. The van der Waals surface area contributed by atoms with Crippen LogP contribution in [0.25, 0.3) is 0 Å². The van der Waals surface area contributed by atoms with Crippen LogP contribution < -0.4 is 10.6 Å². The lowest BCUT2D eigenvalue weighted by Crippen LogP contribution is -2.47. The van der Waals surface area contributed by atoms with E-state index in [2.05, 4.69) is 10.6 Å². The van der Waals surface area contributed by atoms with Crippen molar-refractivity contribution in [1.29, 1.82) is 0 Å². The first kappa shape index (κ1) is 12.0. The predicted molar refractivity (Wildman–Crippen MR) is 58.7 cm³/mol. The smallest absolute Gasteiger partial charge is 0.315 e. The number of ketones is 1. The highest BCUT2D eigenvalue weighted by atomic mass is 16.2. The molecule has 0 saturated heterocycles. The minimum absolute atomic E-state index is 0.0196. The fraction of sp³-hybridized carbons (Fsp3) is 0.818. The summed E-state index contributed by atoms with van der Waals surface area (Å²) in [5.74, 6) is -0.0196. The van der Waals surface area contributed by atoms with E-state index in [1.165, 1.54) is 26.2 Å². The van der Waals surface area contributed by atoms with Crippen LogP contribution >= 0.6 is 0 Å². The standard InChI is InChI=1S/C11H20N2O2/c1-8(9(2)14)12-11(15)13-10-6-4-3-5-7-10/h8,10H,3-7H2,1-2H3,(H2,12,13,15). The maximum absolute atomic E-state index is 11.5. The molecule has 0 aromatic rings. The number of hydrogen-bond donors (Lipinski definition) is 2. The van der Waals surface area contributed by atoms with Crippen molar-refractivity contribution < 1.29 is 9.59 Å². The molecular weight excluding hydrogens is 192 g/mol. The highest BCUT2D eigenvalue weighted by molar-refractivity contribution is 5.86. The molecule has 0 aliphatic heterocycles. The summed E-state index contributed by atoms with van der Waals surface area (Å²) in [5, 5.41) is 5.53. The van der Waals surface area contributed by atoms with Crippen LogP contribution in [-0.4, -0.2) is 23.9 Å². The van der Waals surface area contributed by atoms with E-state index in [0.717, 1.165) is 12.8 Å². The summed E-state index contributed by atoms with van der Waals surface area (Å²) in [5.41, 5.74) is 0. The number of Topliss-reactive ketones (excluding diaryl/α,β-unsaturated/α-hetero) is 1. The van der Waals surface area contributed by atoms with Crippen molar-refractivity contribution in [3.63, 3.8) is 0 Å². The molecule has 0 spiro atoms. The van der Waals surface area contributed by atoms with E-state index in [-0.39, 0.29) is 17.9 Å². The summed E-state index contributed by atoms with van der Waals surface area (Å²) in [6.07, 6.45) is 5.76. The van der Waals surface area contributed by atoms with Crippen LogP contribution in [0.15, 0.2) is 0 Å². The first-order chi connectivity index (χ1) is 7.09. The van der Waals surface area contributed by atoms with Gasteiger partial charge in [0.05, 0.1) is 6.04 Å². The Hall–Kier alpha value is -1.06. The second kappa shape index (κ2) is 5.73. The van der Waals surface area contributed by atoms with Crippen molar-refractivity contribution in [3.8, 4) is 0 Å². The van der Waals surface area contributed by atoms with Crippen LogP contribution in [0.5, 0.6) is 0 Å². The molecule has 1 atom stereocenters. The van der Waals surface area contributed by atoms with E-state index < -0.39 is 6.04 Å². The molecule has 15 heavy (non-hydrogen) atoms. The van der Waals surface area contributed by atoms with Gasteiger partial charge in [-0.2, -0.15) is 0 Å². The van der Waals surface area contributed by atoms with E-state index in [1.807, 2.05) is 0 Å². The van der Waals surface area contributed by atoms with E-state index in [0.29, 0.717) is 0 Å². The molecule has 0 heterocycles. The second-order valence-corrected chi connectivity index (χ2v) is 4.29. The fourth-order valence-corrected chi connectivity index (χ4v) is 1.77. The van der Waals surface area contributed by atoms with Gasteiger partial charge in [-0.25, -0.2) is 4.79 Å². The molecule has 0 bridgehead atoms. The molecule has 4 heteroatoms. The molecule has 86 valence electrons. The van der Waals surface area contributed by atoms with Crippen molar-refractivity contribution in [3.05, 3.63) is 0 Å². The molecule has 1 fully saturated rings. The van der Waals surface area contributed by atoms with Crippen LogP contribution in [0, 0.1) is 0 Å². The van der Waals surface area contributed by atoms with Crippen molar-refractivity contribution in [2.45, 2.75) is 58.0 Å². The number of carbonyl (C=O) groups excluding carboxylic acids is 2. The van der Waals surface area contributed by atoms with Crippen LogP contribution in [0.3, 0.4) is 0 Å². The van der Waals surface area contributed by atoms with E-state index in [9.17, 15) is 9.59 Å². The van der Waals surface area contributed by atoms with Gasteiger partial charge in [0.15, 0.2) is 5.78 Å². The van der Waals surface area contributed by atoms with Gasteiger partial charge in [-0.15, -0.1) is 0 Å². The molecule has 4 nitrogen and oxygen atoms in total. The zero-order valence-electron chi connectivity index (χ0n) is 9.51. The lowest BCUT2D eigenvalue weighted by Gasteiger charge is -2.23. The molecule has 1 aliphatic carbocycles. The second-order valence-electron chi connectivity index (χ2n) is 4.29. The van der Waals surface area contributed by atoms with E-state index >= 15 is 0 Å². The maximum Gasteiger partial charge on any atom is 0.315 e. The van der Waals surface area contributed by atoms with Crippen molar-refractivity contribution in [2.24, 2.45) is 0 Å². The highest BCUT2D eigenvalue weighted by Crippen LogP contribution is 2.17. The monoisotopic (exact) mass is 212 g/mol. The van der Waals surface area contributed by atoms with Gasteiger partial charge in [-0.1, -0.05) is 19.3 Å². The fourth-order valence-electron chi connectivity index (χ4n) is 1.77. The molecule has 0 radical (unpaired) electrons. The Kier molecular flexibility index (Phi) is 4.59. The van der Waals surface area contributed by atoms with Crippen molar-refractivity contribution in [2.75, 3.05) is 0 Å². The minimum atomic E-state index is -0.395. The van der Waals surface area contributed by atoms with Gasteiger partial charge in [-0.3, -0.25) is 4.79 Å². The van der Waals surface area contributed by atoms with E-state index in [1.54, 1.807) is 6.92 Å². The number of hydrogen-bond acceptors (Lipinski definition) is 2. The lowest BCUT2D eigenvalue weighted by atomic mass is 9.96. The van der Waals surface area contributed by atoms with Crippen LogP contribution in [-0.2, 0) is 4.79 Å². The Bertz CT molecular complexity index is 235. The SMILES string of the molecule is CC(=O)C(C)NC(=O)NC1CCCCC1. The number of rotatable bonds is 3. The first-order valence-electron chi connectivity index (χ1n) is 5.67. The summed E-state index contributed by atoms with van der Waals surface area (Å²) in [7, 11) is 0. The largest absolute Gasteiger partial charge is 0.335 e. The quantitative estimate of drug-likeness (QED) is 0.746. The van der Waals surface area contributed by atoms with Gasteiger partial charge in [0, 0.05) is 6.04 Å². The van der Waals surface area contributed by atoms with Crippen LogP contribution in [0.2, 0.25) is 0 Å². The van der Waals surface area contributed by atoms with Crippen molar-refractivity contribution in [1.82, 2.24) is 10.6 Å². The molecule has 1 saturated carbocycles. The Morgan fingerprint density at radius 1 is 1.20 bits per heavy atom. The van der Waals surface area contributed by atoms with Gasteiger partial charge in [0.2, 0.25) is 0 Å². The first-order valence-corrected chi connectivity index (χ1v) is 5.67. The van der Waals surface area contributed by atoms with Crippen LogP contribution in [0.1, 0.15) is 46.0 Å². The summed E-state index contributed by atoms with van der Waals surface area (Å²) < 4.78 is 0. The van der Waals surface area contributed by atoms with Crippen molar-refractivity contribution >= 4 is 11.8 Å². The summed E-state index contributed by atoms with van der Waals surface area (Å²) in [6, 6.07) is -0.323.